The average Bonchev–Trinajstić information content (AvgIpc) is 3.36. The van der Waals surface area contributed by atoms with Crippen LogP contribution >= 0.6 is 22.9 Å². The van der Waals surface area contributed by atoms with E-state index in [0.717, 1.165) is 21.5 Å². The maximum atomic E-state index is 12.6. The molecule has 7 nitrogen and oxygen atoms in total. The Morgan fingerprint density at radius 1 is 1.26 bits per heavy atom. The van der Waals surface area contributed by atoms with Crippen molar-refractivity contribution in [1.29, 1.82) is 0 Å². The van der Waals surface area contributed by atoms with Gasteiger partial charge in [0.1, 0.15) is 5.82 Å². The van der Waals surface area contributed by atoms with Gasteiger partial charge in [-0.25, -0.2) is 4.98 Å². The molecule has 0 saturated carbocycles. The van der Waals surface area contributed by atoms with Gasteiger partial charge in [0, 0.05) is 18.8 Å². The SMILES string of the molecule is CCn1ccc(C(=O)Nc2cc(C)nn2-c2nc3c(C)ccc(Cl)c3s2)n1. The number of hydrogen-bond acceptors (Lipinski definition) is 5. The first-order chi connectivity index (χ1) is 13.0. The summed E-state index contributed by atoms with van der Waals surface area (Å²) in [6.45, 7) is 6.52. The van der Waals surface area contributed by atoms with Crippen LogP contribution in [0.3, 0.4) is 0 Å². The first-order valence-corrected chi connectivity index (χ1v) is 9.63. The maximum Gasteiger partial charge on any atom is 0.277 e. The highest BCUT2D eigenvalue weighted by atomic mass is 35.5. The number of anilines is 1. The molecule has 27 heavy (non-hydrogen) atoms. The molecule has 0 bridgehead atoms. The number of nitrogens with one attached hydrogen (secondary N) is 1. The van der Waals surface area contributed by atoms with E-state index in [-0.39, 0.29) is 5.91 Å². The first-order valence-electron chi connectivity index (χ1n) is 8.43. The van der Waals surface area contributed by atoms with Gasteiger partial charge in [0.05, 0.1) is 20.9 Å². The minimum atomic E-state index is -0.293. The summed E-state index contributed by atoms with van der Waals surface area (Å²) in [5.41, 5.74) is 3.00. The number of benzene rings is 1. The van der Waals surface area contributed by atoms with Crippen LogP contribution in [-0.4, -0.2) is 30.5 Å². The summed E-state index contributed by atoms with van der Waals surface area (Å²) in [4.78, 5) is 17.2. The summed E-state index contributed by atoms with van der Waals surface area (Å²) >= 11 is 7.75. The third-order valence-corrected chi connectivity index (χ3v) is 5.63. The van der Waals surface area contributed by atoms with E-state index < -0.39 is 0 Å². The van der Waals surface area contributed by atoms with Crippen LogP contribution in [0.1, 0.15) is 28.7 Å². The molecule has 3 aromatic heterocycles. The van der Waals surface area contributed by atoms with E-state index >= 15 is 0 Å². The lowest BCUT2D eigenvalue weighted by molar-refractivity contribution is 0.102. The smallest absolute Gasteiger partial charge is 0.277 e. The number of fused-ring (bicyclic) bond motifs is 1. The molecule has 138 valence electrons. The van der Waals surface area contributed by atoms with Gasteiger partial charge >= 0.3 is 0 Å². The van der Waals surface area contributed by atoms with Crippen LogP contribution < -0.4 is 5.32 Å². The first kappa shape index (κ1) is 17.7. The molecule has 0 spiro atoms. The number of carbonyl (C=O) groups excluding carboxylic acids is 1. The van der Waals surface area contributed by atoms with Gasteiger partial charge in [-0.05, 0) is 38.5 Å². The van der Waals surface area contributed by atoms with E-state index in [1.54, 1.807) is 27.7 Å². The van der Waals surface area contributed by atoms with Gasteiger partial charge in [0.15, 0.2) is 5.69 Å². The van der Waals surface area contributed by atoms with Crippen molar-refractivity contribution in [2.45, 2.75) is 27.3 Å². The van der Waals surface area contributed by atoms with Gasteiger partial charge in [0.25, 0.3) is 5.91 Å². The fourth-order valence-electron chi connectivity index (χ4n) is 2.75. The third-order valence-electron chi connectivity index (χ3n) is 4.14. The molecule has 4 aromatic rings. The maximum absolute atomic E-state index is 12.6. The van der Waals surface area contributed by atoms with Crippen molar-refractivity contribution in [3.05, 3.63) is 52.4 Å². The van der Waals surface area contributed by atoms with Crippen LogP contribution in [0, 0.1) is 13.8 Å². The normalized spacial score (nSPS) is 11.3. The summed E-state index contributed by atoms with van der Waals surface area (Å²) in [5.74, 6) is 0.245. The van der Waals surface area contributed by atoms with E-state index in [2.05, 4.69) is 20.5 Å². The Balaban J connectivity index is 1.72. The Bertz CT molecular complexity index is 1120. The van der Waals surface area contributed by atoms with E-state index in [1.165, 1.54) is 11.3 Å². The van der Waals surface area contributed by atoms with Gasteiger partial charge in [-0.15, -0.1) is 0 Å². The van der Waals surface area contributed by atoms with Crippen LogP contribution in [0.4, 0.5) is 5.82 Å². The van der Waals surface area contributed by atoms with Crippen LogP contribution in [0.5, 0.6) is 0 Å². The molecule has 0 fully saturated rings. The average molecular weight is 401 g/mol. The zero-order valence-corrected chi connectivity index (χ0v) is 16.6. The summed E-state index contributed by atoms with van der Waals surface area (Å²) in [7, 11) is 0. The van der Waals surface area contributed by atoms with Crippen molar-refractivity contribution >= 4 is 44.9 Å². The van der Waals surface area contributed by atoms with Crippen LogP contribution in [0.2, 0.25) is 5.02 Å². The molecule has 1 amide bonds. The van der Waals surface area contributed by atoms with Crippen molar-refractivity contribution in [3.8, 4) is 5.13 Å². The predicted octanol–water partition coefficient (Wildman–Crippen LogP) is 4.22. The van der Waals surface area contributed by atoms with Crippen LogP contribution in [0.15, 0.2) is 30.5 Å². The predicted molar refractivity (Wildman–Crippen MR) is 107 cm³/mol. The molecule has 0 aliphatic carbocycles. The number of hydrogen-bond donors (Lipinski definition) is 1. The molecule has 9 heteroatoms. The molecule has 0 radical (unpaired) electrons. The molecular weight excluding hydrogens is 384 g/mol. The molecule has 0 aliphatic heterocycles. The second kappa shape index (κ2) is 6.79. The largest absolute Gasteiger partial charge is 0.305 e. The van der Waals surface area contributed by atoms with Crippen molar-refractivity contribution < 1.29 is 4.79 Å². The fourth-order valence-corrected chi connectivity index (χ4v) is 4.04. The minimum absolute atomic E-state index is 0.293. The summed E-state index contributed by atoms with van der Waals surface area (Å²) < 4.78 is 4.24. The monoisotopic (exact) mass is 400 g/mol. The lowest BCUT2D eigenvalue weighted by Crippen LogP contribution is -2.16. The lowest BCUT2D eigenvalue weighted by atomic mass is 10.2. The van der Waals surface area contributed by atoms with E-state index in [1.807, 2.05) is 32.9 Å². The Kier molecular flexibility index (Phi) is 4.45. The van der Waals surface area contributed by atoms with Gasteiger partial charge in [-0.2, -0.15) is 14.9 Å². The van der Waals surface area contributed by atoms with E-state index in [0.29, 0.717) is 28.2 Å². The van der Waals surface area contributed by atoms with Crippen molar-refractivity contribution in [3.63, 3.8) is 0 Å². The fraction of sp³-hybridized carbons (Fsp3) is 0.222. The highest BCUT2D eigenvalue weighted by molar-refractivity contribution is 7.21. The molecule has 4 rings (SSSR count). The molecule has 0 atom stereocenters. The quantitative estimate of drug-likeness (QED) is 0.556. The van der Waals surface area contributed by atoms with Gasteiger partial charge < -0.3 is 5.32 Å². The second-order valence-electron chi connectivity index (χ2n) is 6.13. The summed E-state index contributed by atoms with van der Waals surface area (Å²) in [5, 5.41) is 12.9. The topological polar surface area (TPSA) is 77.6 Å². The second-order valence-corrected chi connectivity index (χ2v) is 7.52. The Morgan fingerprint density at radius 3 is 2.78 bits per heavy atom. The number of thiazole rings is 1. The van der Waals surface area contributed by atoms with Crippen LogP contribution in [-0.2, 0) is 6.54 Å². The molecule has 3 heterocycles. The Labute approximate surface area is 164 Å². The number of aryl methyl sites for hydroxylation is 3. The zero-order valence-electron chi connectivity index (χ0n) is 15.0. The number of nitrogens with zero attached hydrogens (tertiary/aromatic N) is 5. The van der Waals surface area contributed by atoms with Gasteiger partial charge in [0.2, 0.25) is 5.13 Å². The van der Waals surface area contributed by atoms with E-state index in [9.17, 15) is 4.79 Å². The molecule has 1 aromatic carbocycles. The highest BCUT2D eigenvalue weighted by Gasteiger charge is 2.18. The molecule has 0 saturated heterocycles. The van der Waals surface area contributed by atoms with Gasteiger partial charge in [-0.1, -0.05) is 29.0 Å². The van der Waals surface area contributed by atoms with E-state index in [4.69, 9.17) is 11.6 Å². The Morgan fingerprint density at radius 2 is 2.07 bits per heavy atom. The highest BCUT2D eigenvalue weighted by Crippen LogP contribution is 2.34. The Hall–Kier alpha value is -2.71. The summed E-state index contributed by atoms with van der Waals surface area (Å²) in [6, 6.07) is 7.29. The lowest BCUT2D eigenvalue weighted by Gasteiger charge is -2.04. The van der Waals surface area contributed by atoms with Crippen molar-refractivity contribution in [2.75, 3.05) is 5.32 Å². The number of halogens is 1. The number of aromatic nitrogens is 5. The molecule has 0 unspecified atom stereocenters. The standard InChI is InChI=1S/C18H17ClN6OS/c1-4-24-8-7-13(23-24)17(26)20-14-9-11(3)22-25(14)18-21-15-10(2)5-6-12(19)16(15)27-18/h5-9H,4H2,1-3H3,(H,20,26). The summed E-state index contributed by atoms with van der Waals surface area (Å²) in [6.07, 6.45) is 1.77. The zero-order chi connectivity index (χ0) is 19.1. The van der Waals surface area contributed by atoms with Gasteiger partial charge in [-0.3, -0.25) is 9.48 Å². The molecule has 0 aliphatic rings. The van der Waals surface area contributed by atoms with Crippen molar-refractivity contribution in [2.24, 2.45) is 0 Å². The van der Waals surface area contributed by atoms with Crippen molar-refractivity contribution in [1.82, 2.24) is 24.5 Å². The number of carbonyl (C=O) groups is 1. The number of rotatable bonds is 4. The molecular formula is C18H17ClN6OS. The minimum Gasteiger partial charge on any atom is -0.305 e. The number of amides is 1. The third kappa shape index (κ3) is 3.22. The molecule has 1 N–H and O–H groups in total. The van der Waals surface area contributed by atoms with Crippen LogP contribution in [0.25, 0.3) is 15.3 Å².